The molecule has 1 aromatic carbocycles. The second-order valence-electron chi connectivity index (χ2n) is 6.39. The van der Waals surface area contributed by atoms with Gasteiger partial charge in [-0.1, -0.05) is 37.5 Å². The number of nitrogens with two attached hydrogens (primary N) is 1. The second-order valence-corrected chi connectivity index (χ2v) is 6.39. The van der Waals surface area contributed by atoms with Crippen molar-refractivity contribution in [1.82, 2.24) is 0 Å². The zero-order valence-electron chi connectivity index (χ0n) is 12.0. The van der Waals surface area contributed by atoms with Gasteiger partial charge in [0.15, 0.2) is 0 Å². The predicted molar refractivity (Wildman–Crippen MR) is 81.3 cm³/mol. The van der Waals surface area contributed by atoms with Crippen molar-refractivity contribution in [2.24, 2.45) is 17.6 Å². The Labute approximate surface area is 117 Å². The maximum absolute atomic E-state index is 6.13. The van der Waals surface area contributed by atoms with E-state index in [-0.39, 0.29) is 6.04 Å². The quantitative estimate of drug-likeness (QED) is 0.876. The van der Waals surface area contributed by atoms with E-state index in [1.807, 2.05) is 0 Å². The second kappa shape index (κ2) is 5.54. The smallest absolute Gasteiger partial charge is 0.0414 e. The number of benzene rings is 1. The molecule has 1 aromatic rings. The number of fused-ring (bicyclic) bond motifs is 1. The SMILES string of the molecule is C[C@H](N)c1ccccc1N1CCC2CCCCC2C1. The molecule has 2 aliphatic rings. The Balaban J connectivity index is 1.79. The zero-order valence-corrected chi connectivity index (χ0v) is 12.0. The summed E-state index contributed by atoms with van der Waals surface area (Å²) in [6.07, 6.45) is 7.16. The van der Waals surface area contributed by atoms with Gasteiger partial charge < -0.3 is 10.6 Å². The van der Waals surface area contributed by atoms with Crippen molar-refractivity contribution in [3.8, 4) is 0 Å². The highest BCUT2D eigenvalue weighted by Crippen LogP contribution is 2.38. The molecule has 3 rings (SSSR count). The molecule has 0 aromatic heterocycles. The van der Waals surface area contributed by atoms with Crippen LogP contribution < -0.4 is 10.6 Å². The van der Waals surface area contributed by atoms with Crippen molar-refractivity contribution in [3.05, 3.63) is 29.8 Å². The summed E-state index contributed by atoms with van der Waals surface area (Å²) in [6, 6.07) is 8.82. The van der Waals surface area contributed by atoms with E-state index >= 15 is 0 Å². The molecular weight excluding hydrogens is 232 g/mol. The van der Waals surface area contributed by atoms with Crippen LogP contribution in [0.15, 0.2) is 24.3 Å². The minimum absolute atomic E-state index is 0.125. The highest BCUT2D eigenvalue weighted by molar-refractivity contribution is 5.55. The van der Waals surface area contributed by atoms with Crippen molar-refractivity contribution >= 4 is 5.69 Å². The molecule has 1 saturated carbocycles. The molecular formula is C17H26N2. The predicted octanol–water partition coefficient (Wildman–Crippen LogP) is 3.72. The molecule has 1 heterocycles. The first kappa shape index (κ1) is 13.0. The molecule has 1 saturated heterocycles. The monoisotopic (exact) mass is 258 g/mol. The fourth-order valence-electron chi connectivity index (χ4n) is 3.98. The van der Waals surface area contributed by atoms with Gasteiger partial charge in [-0.3, -0.25) is 0 Å². The molecule has 2 fully saturated rings. The molecule has 0 spiro atoms. The van der Waals surface area contributed by atoms with Crippen LogP contribution in [0.2, 0.25) is 0 Å². The molecule has 0 radical (unpaired) electrons. The van der Waals surface area contributed by atoms with E-state index in [2.05, 4.69) is 36.1 Å². The third-order valence-corrected chi connectivity index (χ3v) is 5.06. The summed E-state index contributed by atoms with van der Waals surface area (Å²) in [4.78, 5) is 2.59. The highest BCUT2D eigenvalue weighted by Gasteiger charge is 2.31. The average Bonchev–Trinajstić information content (AvgIpc) is 2.46. The molecule has 2 N–H and O–H groups in total. The van der Waals surface area contributed by atoms with E-state index in [1.54, 1.807) is 0 Å². The first-order valence-electron chi connectivity index (χ1n) is 7.85. The molecule has 1 aliphatic heterocycles. The van der Waals surface area contributed by atoms with Gasteiger partial charge in [-0.05, 0) is 43.2 Å². The molecule has 1 aliphatic carbocycles. The first-order chi connectivity index (χ1) is 9.25. The van der Waals surface area contributed by atoms with Crippen LogP contribution >= 0.6 is 0 Å². The average molecular weight is 258 g/mol. The summed E-state index contributed by atoms with van der Waals surface area (Å²) < 4.78 is 0. The van der Waals surface area contributed by atoms with E-state index in [9.17, 15) is 0 Å². The van der Waals surface area contributed by atoms with Gasteiger partial charge in [0.25, 0.3) is 0 Å². The van der Waals surface area contributed by atoms with Crippen LogP contribution in [-0.4, -0.2) is 13.1 Å². The normalized spacial score (nSPS) is 28.8. The first-order valence-corrected chi connectivity index (χ1v) is 7.85. The number of hydrogen-bond donors (Lipinski definition) is 1. The minimum atomic E-state index is 0.125. The molecule has 2 heteroatoms. The fourth-order valence-corrected chi connectivity index (χ4v) is 3.98. The fraction of sp³-hybridized carbons (Fsp3) is 0.647. The van der Waals surface area contributed by atoms with Gasteiger partial charge in [0.05, 0.1) is 0 Å². The summed E-state index contributed by atoms with van der Waals surface area (Å²) >= 11 is 0. The molecule has 0 amide bonds. The zero-order chi connectivity index (χ0) is 13.2. The van der Waals surface area contributed by atoms with Gasteiger partial charge in [-0.15, -0.1) is 0 Å². The summed E-state index contributed by atoms with van der Waals surface area (Å²) in [5.74, 6) is 1.91. The van der Waals surface area contributed by atoms with E-state index < -0.39 is 0 Å². The topological polar surface area (TPSA) is 29.3 Å². The van der Waals surface area contributed by atoms with Crippen LogP contribution in [0.3, 0.4) is 0 Å². The van der Waals surface area contributed by atoms with Gasteiger partial charge in [0.2, 0.25) is 0 Å². The van der Waals surface area contributed by atoms with Crippen LogP contribution in [0, 0.1) is 11.8 Å². The Morgan fingerprint density at radius 3 is 2.63 bits per heavy atom. The van der Waals surface area contributed by atoms with Crippen molar-refractivity contribution in [2.45, 2.75) is 45.1 Å². The minimum Gasteiger partial charge on any atom is -0.371 e. The molecule has 3 atom stereocenters. The molecule has 2 unspecified atom stereocenters. The summed E-state index contributed by atoms with van der Waals surface area (Å²) in [5.41, 5.74) is 8.81. The van der Waals surface area contributed by atoms with Crippen LogP contribution in [-0.2, 0) is 0 Å². The number of piperidine rings is 1. The Kier molecular flexibility index (Phi) is 3.79. The van der Waals surface area contributed by atoms with Crippen molar-refractivity contribution in [1.29, 1.82) is 0 Å². The van der Waals surface area contributed by atoms with Crippen molar-refractivity contribution < 1.29 is 0 Å². The number of rotatable bonds is 2. The molecule has 2 nitrogen and oxygen atoms in total. The van der Waals surface area contributed by atoms with Crippen LogP contribution in [0.5, 0.6) is 0 Å². The van der Waals surface area contributed by atoms with Crippen LogP contribution in [0.1, 0.15) is 50.6 Å². The van der Waals surface area contributed by atoms with E-state index in [0.717, 1.165) is 11.8 Å². The van der Waals surface area contributed by atoms with E-state index in [4.69, 9.17) is 5.73 Å². The van der Waals surface area contributed by atoms with Gasteiger partial charge >= 0.3 is 0 Å². The lowest BCUT2D eigenvalue weighted by molar-refractivity contribution is 0.202. The lowest BCUT2D eigenvalue weighted by Gasteiger charge is -2.43. The highest BCUT2D eigenvalue weighted by atomic mass is 15.1. The third kappa shape index (κ3) is 2.64. The Hall–Kier alpha value is -1.02. The summed E-state index contributed by atoms with van der Waals surface area (Å²) in [7, 11) is 0. The van der Waals surface area contributed by atoms with Crippen LogP contribution in [0.25, 0.3) is 0 Å². The summed E-state index contributed by atoms with van der Waals surface area (Å²) in [6.45, 7) is 4.55. The van der Waals surface area contributed by atoms with Crippen LogP contribution in [0.4, 0.5) is 5.69 Å². The van der Waals surface area contributed by atoms with Gasteiger partial charge in [-0.2, -0.15) is 0 Å². The maximum atomic E-state index is 6.13. The maximum Gasteiger partial charge on any atom is 0.0414 e. The lowest BCUT2D eigenvalue weighted by atomic mass is 9.75. The third-order valence-electron chi connectivity index (χ3n) is 5.06. The Bertz CT molecular complexity index is 427. The van der Waals surface area contributed by atoms with Gasteiger partial charge in [-0.25, -0.2) is 0 Å². The van der Waals surface area contributed by atoms with E-state index in [1.165, 1.54) is 56.4 Å². The number of nitrogens with zero attached hydrogens (tertiary/aromatic N) is 1. The van der Waals surface area contributed by atoms with Crippen molar-refractivity contribution in [2.75, 3.05) is 18.0 Å². The molecule has 19 heavy (non-hydrogen) atoms. The Morgan fingerprint density at radius 2 is 1.84 bits per heavy atom. The van der Waals surface area contributed by atoms with Gasteiger partial charge in [0.1, 0.15) is 0 Å². The number of hydrogen-bond acceptors (Lipinski definition) is 2. The molecule has 0 bridgehead atoms. The standard InChI is InChI=1S/C17H26N2/c1-13(18)16-8-4-5-9-17(16)19-11-10-14-6-2-3-7-15(14)12-19/h4-5,8-9,13-15H,2-3,6-7,10-12,18H2,1H3/t13-,14?,15?/m0/s1. The van der Waals surface area contributed by atoms with Crippen molar-refractivity contribution in [3.63, 3.8) is 0 Å². The van der Waals surface area contributed by atoms with Gasteiger partial charge in [0, 0.05) is 24.8 Å². The number of anilines is 1. The molecule has 104 valence electrons. The summed E-state index contributed by atoms with van der Waals surface area (Å²) in [5, 5.41) is 0. The largest absolute Gasteiger partial charge is 0.371 e. The lowest BCUT2D eigenvalue weighted by Crippen LogP contribution is -2.42. The Morgan fingerprint density at radius 1 is 1.11 bits per heavy atom. The number of para-hydroxylation sites is 1. The van der Waals surface area contributed by atoms with E-state index in [0.29, 0.717) is 0 Å².